The second kappa shape index (κ2) is 9.96. The number of halogens is 1. The number of nitrogens with zero attached hydrogens (tertiary/aromatic N) is 3. The van der Waals surface area contributed by atoms with Gasteiger partial charge in [-0.15, -0.1) is 0 Å². The van der Waals surface area contributed by atoms with Crippen LogP contribution in [-0.4, -0.2) is 48.5 Å². The van der Waals surface area contributed by atoms with Crippen molar-refractivity contribution in [3.63, 3.8) is 0 Å². The summed E-state index contributed by atoms with van der Waals surface area (Å²) < 4.78 is 18.8. The maximum absolute atomic E-state index is 13.1. The summed E-state index contributed by atoms with van der Waals surface area (Å²) in [7, 11) is 0. The molecule has 0 bridgehead atoms. The molecule has 3 aromatic rings. The van der Waals surface area contributed by atoms with Crippen molar-refractivity contribution in [3.05, 3.63) is 65.9 Å². The number of nitrogens with one attached hydrogen (secondary N) is 1. The average molecular weight is 437 g/mol. The Hall–Kier alpha value is -3.19. The first-order valence-corrected chi connectivity index (χ1v) is 11.1. The topological polar surface area (TPSA) is 61.6 Å². The molecule has 0 radical (unpaired) electrons. The van der Waals surface area contributed by atoms with Crippen LogP contribution in [0, 0.1) is 12.7 Å². The Morgan fingerprint density at radius 1 is 1.12 bits per heavy atom. The van der Waals surface area contributed by atoms with E-state index in [-0.39, 0.29) is 18.1 Å². The number of rotatable bonds is 7. The third-order valence-electron chi connectivity index (χ3n) is 5.92. The van der Waals surface area contributed by atoms with Crippen LogP contribution in [-0.2, 0) is 11.2 Å². The number of hydrogen-bond acceptors (Lipinski definition) is 5. The minimum atomic E-state index is -0.299. The number of aryl methyl sites for hydroxylation is 2. The summed E-state index contributed by atoms with van der Waals surface area (Å²) in [5.74, 6) is 0.663. The van der Waals surface area contributed by atoms with Gasteiger partial charge in [0.2, 0.25) is 5.91 Å². The number of oxazole rings is 1. The lowest BCUT2D eigenvalue weighted by molar-refractivity contribution is -0.116. The van der Waals surface area contributed by atoms with Crippen LogP contribution in [0.1, 0.15) is 24.8 Å². The predicted molar refractivity (Wildman–Crippen MR) is 124 cm³/mol. The van der Waals surface area contributed by atoms with Gasteiger partial charge in [0.05, 0.1) is 6.20 Å². The van der Waals surface area contributed by atoms with Gasteiger partial charge >= 0.3 is 0 Å². The van der Waals surface area contributed by atoms with E-state index < -0.39 is 0 Å². The van der Waals surface area contributed by atoms with Gasteiger partial charge in [0.15, 0.2) is 11.7 Å². The zero-order valence-electron chi connectivity index (χ0n) is 18.6. The fraction of sp³-hybridized carbons (Fsp3) is 0.360. The Kier molecular flexibility index (Phi) is 6.85. The van der Waals surface area contributed by atoms with Crippen LogP contribution in [0.25, 0.3) is 11.3 Å². The summed E-state index contributed by atoms with van der Waals surface area (Å²) in [6.45, 7) is 9.52. The molecule has 1 fully saturated rings. The molecule has 2 heterocycles. The Bertz CT molecular complexity index is 1060. The number of carbonyl (C=O) groups is 1. The maximum Gasteiger partial charge on any atom is 0.224 e. The van der Waals surface area contributed by atoms with Gasteiger partial charge in [-0.3, -0.25) is 4.79 Å². The van der Waals surface area contributed by atoms with Crippen LogP contribution in [0.5, 0.6) is 0 Å². The summed E-state index contributed by atoms with van der Waals surface area (Å²) in [5.41, 5.74) is 3.82. The van der Waals surface area contributed by atoms with Crippen molar-refractivity contribution >= 4 is 17.3 Å². The fourth-order valence-electron chi connectivity index (χ4n) is 3.91. The number of benzene rings is 2. The van der Waals surface area contributed by atoms with Gasteiger partial charge in [0, 0.05) is 56.0 Å². The zero-order valence-corrected chi connectivity index (χ0v) is 18.6. The highest BCUT2D eigenvalue weighted by Gasteiger charge is 2.17. The number of carbonyl (C=O) groups excluding carboxylic acids is 1. The lowest BCUT2D eigenvalue weighted by Crippen LogP contribution is -2.46. The predicted octanol–water partition coefficient (Wildman–Crippen LogP) is 4.50. The lowest BCUT2D eigenvalue weighted by atomic mass is 10.1. The van der Waals surface area contributed by atoms with Crippen molar-refractivity contribution in [2.75, 3.05) is 42.9 Å². The molecule has 1 amide bonds. The van der Waals surface area contributed by atoms with Gasteiger partial charge in [0.25, 0.3) is 0 Å². The van der Waals surface area contributed by atoms with E-state index in [1.165, 1.54) is 17.8 Å². The first kappa shape index (κ1) is 22.0. The van der Waals surface area contributed by atoms with Crippen LogP contribution in [0.4, 0.5) is 15.8 Å². The van der Waals surface area contributed by atoms with Crippen molar-refractivity contribution in [2.24, 2.45) is 0 Å². The summed E-state index contributed by atoms with van der Waals surface area (Å²) in [5, 5.41) is 2.99. The molecule has 32 heavy (non-hydrogen) atoms. The van der Waals surface area contributed by atoms with Crippen LogP contribution < -0.4 is 10.2 Å². The first-order valence-electron chi connectivity index (χ1n) is 11.1. The van der Waals surface area contributed by atoms with Gasteiger partial charge in [-0.1, -0.05) is 6.92 Å². The molecule has 7 heteroatoms. The van der Waals surface area contributed by atoms with E-state index in [9.17, 15) is 9.18 Å². The minimum absolute atomic E-state index is 0.0843. The molecule has 168 valence electrons. The molecule has 2 aromatic carbocycles. The Morgan fingerprint density at radius 2 is 1.88 bits per heavy atom. The molecule has 1 aliphatic heterocycles. The SMILES string of the molecule is CCN1CCN(c2ccc(NC(=O)CCc3ncc(-c4ccc(F)cc4)o3)c(C)c2)CC1. The third kappa shape index (κ3) is 5.34. The molecule has 0 spiro atoms. The molecule has 1 N–H and O–H groups in total. The molecule has 4 rings (SSSR count). The monoisotopic (exact) mass is 436 g/mol. The summed E-state index contributed by atoms with van der Waals surface area (Å²) in [6, 6.07) is 12.2. The quantitative estimate of drug-likeness (QED) is 0.591. The van der Waals surface area contributed by atoms with E-state index in [2.05, 4.69) is 39.2 Å². The first-order chi connectivity index (χ1) is 15.5. The standard InChI is InChI=1S/C25H29FN4O2/c1-3-29-12-14-30(15-13-29)21-8-9-22(18(2)16-21)28-24(31)10-11-25-27-17-23(32-25)19-4-6-20(26)7-5-19/h4-9,16-17H,3,10-15H2,1-2H3,(H,28,31). The van der Waals surface area contributed by atoms with Crippen LogP contribution >= 0.6 is 0 Å². The second-order valence-electron chi connectivity index (χ2n) is 8.09. The highest BCUT2D eigenvalue weighted by molar-refractivity contribution is 5.91. The molecule has 0 atom stereocenters. The molecule has 0 aliphatic carbocycles. The summed E-state index contributed by atoms with van der Waals surface area (Å²) >= 11 is 0. The smallest absolute Gasteiger partial charge is 0.224 e. The largest absolute Gasteiger partial charge is 0.441 e. The van der Waals surface area contributed by atoms with E-state index in [4.69, 9.17) is 4.42 Å². The number of aromatic nitrogens is 1. The molecule has 1 saturated heterocycles. The molecular weight excluding hydrogens is 407 g/mol. The van der Waals surface area contributed by atoms with Crippen molar-refractivity contribution < 1.29 is 13.6 Å². The molecular formula is C25H29FN4O2. The number of likely N-dealkylation sites (N-methyl/N-ethyl adjacent to an activating group) is 1. The van der Waals surface area contributed by atoms with Gasteiger partial charge in [0.1, 0.15) is 5.82 Å². The number of piperazine rings is 1. The Balaban J connectivity index is 1.30. The van der Waals surface area contributed by atoms with Gasteiger partial charge in [-0.25, -0.2) is 9.37 Å². The average Bonchev–Trinajstić information content (AvgIpc) is 3.29. The van der Waals surface area contributed by atoms with Crippen molar-refractivity contribution in [1.29, 1.82) is 0 Å². The van der Waals surface area contributed by atoms with Crippen molar-refractivity contribution in [1.82, 2.24) is 9.88 Å². The molecule has 0 unspecified atom stereocenters. The Morgan fingerprint density at radius 3 is 2.56 bits per heavy atom. The van der Waals surface area contributed by atoms with E-state index in [1.54, 1.807) is 18.3 Å². The highest BCUT2D eigenvalue weighted by atomic mass is 19.1. The normalized spacial score (nSPS) is 14.5. The van der Waals surface area contributed by atoms with Gasteiger partial charge in [-0.05, 0) is 61.5 Å². The summed E-state index contributed by atoms with van der Waals surface area (Å²) in [4.78, 5) is 21.6. The van der Waals surface area contributed by atoms with Crippen LogP contribution in [0.2, 0.25) is 0 Å². The molecule has 6 nitrogen and oxygen atoms in total. The van der Waals surface area contributed by atoms with Gasteiger partial charge < -0.3 is 19.5 Å². The maximum atomic E-state index is 13.1. The number of hydrogen-bond donors (Lipinski definition) is 1. The molecule has 0 saturated carbocycles. The minimum Gasteiger partial charge on any atom is -0.441 e. The van der Waals surface area contributed by atoms with E-state index in [0.29, 0.717) is 18.1 Å². The van der Waals surface area contributed by atoms with Gasteiger partial charge in [-0.2, -0.15) is 0 Å². The third-order valence-corrected chi connectivity index (χ3v) is 5.92. The van der Waals surface area contributed by atoms with E-state index >= 15 is 0 Å². The fourth-order valence-corrected chi connectivity index (χ4v) is 3.91. The highest BCUT2D eigenvalue weighted by Crippen LogP contribution is 2.25. The van der Waals surface area contributed by atoms with Crippen LogP contribution in [0.3, 0.4) is 0 Å². The number of anilines is 2. The lowest BCUT2D eigenvalue weighted by Gasteiger charge is -2.35. The Labute approximate surface area is 188 Å². The van der Waals surface area contributed by atoms with E-state index in [1.807, 2.05) is 13.0 Å². The molecule has 1 aliphatic rings. The second-order valence-corrected chi connectivity index (χ2v) is 8.09. The number of amides is 1. The van der Waals surface area contributed by atoms with Crippen molar-refractivity contribution in [2.45, 2.75) is 26.7 Å². The van der Waals surface area contributed by atoms with Crippen LogP contribution in [0.15, 0.2) is 53.1 Å². The van der Waals surface area contributed by atoms with E-state index in [0.717, 1.165) is 49.5 Å². The summed E-state index contributed by atoms with van der Waals surface area (Å²) in [6.07, 6.45) is 2.26. The molecule has 1 aromatic heterocycles. The van der Waals surface area contributed by atoms with Crippen molar-refractivity contribution in [3.8, 4) is 11.3 Å². The zero-order chi connectivity index (χ0) is 22.5.